The number of rotatable bonds is 4. The number of hydrogen-bond donors (Lipinski definition) is 0. The molecule has 0 saturated carbocycles. The number of thioether (sulfide) groups is 1. The van der Waals surface area contributed by atoms with Crippen LogP contribution in [0.4, 0.5) is 0 Å². The van der Waals surface area contributed by atoms with E-state index >= 15 is 0 Å². The molecule has 25 heavy (non-hydrogen) atoms. The number of ether oxygens (including phenoxy) is 2. The second-order valence-electron chi connectivity index (χ2n) is 5.72. The molecular weight excluding hydrogens is 382 g/mol. The first kappa shape index (κ1) is 18.2. The molecule has 2 heterocycles. The summed E-state index contributed by atoms with van der Waals surface area (Å²) < 4.78 is 34.3. The first-order valence-electron chi connectivity index (χ1n) is 7.54. The van der Waals surface area contributed by atoms with Crippen molar-refractivity contribution >= 4 is 50.1 Å². The number of carbonyl (C=O) groups excluding carboxylic acids is 1. The van der Waals surface area contributed by atoms with E-state index in [1.807, 2.05) is 0 Å². The van der Waals surface area contributed by atoms with Gasteiger partial charge in [0.05, 0.1) is 36.7 Å². The van der Waals surface area contributed by atoms with Gasteiger partial charge in [-0.2, -0.15) is 0 Å². The number of hydrogen-bond acceptors (Lipinski definition) is 7. The summed E-state index contributed by atoms with van der Waals surface area (Å²) in [5.74, 6) is 1.05. The quantitative estimate of drug-likeness (QED) is 0.567. The average Bonchev–Trinajstić information content (AvgIpc) is 3.06. The molecule has 0 spiro atoms. The van der Waals surface area contributed by atoms with Gasteiger partial charge in [-0.15, -0.1) is 0 Å². The smallest absolute Gasteiger partial charge is 0.266 e. The predicted octanol–water partition coefficient (Wildman–Crippen LogP) is 2.09. The van der Waals surface area contributed by atoms with Gasteiger partial charge in [-0.3, -0.25) is 9.69 Å². The summed E-state index contributed by atoms with van der Waals surface area (Å²) in [7, 11) is 0.0159. The van der Waals surface area contributed by atoms with E-state index in [4.69, 9.17) is 21.7 Å². The van der Waals surface area contributed by atoms with Gasteiger partial charge in [0, 0.05) is 5.56 Å². The van der Waals surface area contributed by atoms with Crippen LogP contribution in [0.25, 0.3) is 6.08 Å². The van der Waals surface area contributed by atoms with E-state index in [0.29, 0.717) is 32.7 Å². The normalized spacial score (nSPS) is 24.2. The van der Waals surface area contributed by atoms with E-state index in [0.717, 1.165) is 0 Å². The van der Waals surface area contributed by atoms with Gasteiger partial charge in [0.2, 0.25) is 0 Å². The first-order chi connectivity index (χ1) is 11.8. The molecule has 9 heteroatoms. The second-order valence-corrected chi connectivity index (χ2v) is 9.62. The Morgan fingerprint density at radius 1 is 1.32 bits per heavy atom. The zero-order valence-electron chi connectivity index (χ0n) is 13.7. The number of amides is 1. The van der Waals surface area contributed by atoms with Crippen LogP contribution in [0.3, 0.4) is 0 Å². The van der Waals surface area contributed by atoms with Crippen molar-refractivity contribution in [2.45, 2.75) is 12.5 Å². The number of methoxy groups -OCH3 is 2. The highest BCUT2D eigenvalue weighted by Gasteiger charge is 2.42. The highest BCUT2D eigenvalue weighted by Crippen LogP contribution is 2.37. The molecule has 2 fully saturated rings. The minimum Gasteiger partial charge on any atom is -0.497 e. The molecule has 0 radical (unpaired) electrons. The Morgan fingerprint density at radius 3 is 2.68 bits per heavy atom. The van der Waals surface area contributed by atoms with Crippen LogP contribution < -0.4 is 9.47 Å². The highest BCUT2D eigenvalue weighted by atomic mass is 32.2. The zero-order chi connectivity index (χ0) is 18.2. The van der Waals surface area contributed by atoms with Crippen LogP contribution in [0.5, 0.6) is 11.5 Å². The van der Waals surface area contributed by atoms with Gasteiger partial charge < -0.3 is 9.47 Å². The van der Waals surface area contributed by atoms with E-state index in [1.165, 1.54) is 16.7 Å². The average molecular weight is 400 g/mol. The lowest BCUT2D eigenvalue weighted by Crippen LogP contribution is -2.39. The molecule has 0 aromatic heterocycles. The van der Waals surface area contributed by atoms with E-state index in [-0.39, 0.29) is 23.5 Å². The Balaban J connectivity index is 1.91. The van der Waals surface area contributed by atoms with Gasteiger partial charge >= 0.3 is 0 Å². The second kappa shape index (κ2) is 6.97. The molecule has 6 nitrogen and oxygen atoms in total. The number of benzene rings is 1. The Kier molecular flexibility index (Phi) is 5.08. The number of carbonyl (C=O) groups is 1. The third-order valence-electron chi connectivity index (χ3n) is 4.12. The summed E-state index contributed by atoms with van der Waals surface area (Å²) in [6, 6.07) is 4.92. The molecular formula is C16H17NO5S3. The van der Waals surface area contributed by atoms with Gasteiger partial charge in [-0.25, -0.2) is 8.42 Å². The van der Waals surface area contributed by atoms with Crippen LogP contribution >= 0.6 is 24.0 Å². The largest absolute Gasteiger partial charge is 0.497 e. The SMILES string of the molecule is COc1ccc(OC)c(C=C2SC(=S)N(C3CCS(=O)(=O)C3)C2=O)c1. The Morgan fingerprint density at radius 2 is 2.08 bits per heavy atom. The minimum absolute atomic E-state index is 0.0325. The fraction of sp³-hybridized carbons (Fsp3) is 0.375. The van der Waals surface area contributed by atoms with Crippen molar-refractivity contribution in [3.63, 3.8) is 0 Å². The van der Waals surface area contributed by atoms with Crippen LogP contribution in [0, 0.1) is 0 Å². The number of nitrogens with zero attached hydrogens (tertiary/aromatic N) is 1. The van der Waals surface area contributed by atoms with Crippen molar-refractivity contribution in [2.75, 3.05) is 25.7 Å². The van der Waals surface area contributed by atoms with Crippen LogP contribution in [0.1, 0.15) is 12.0 Å². The molecule has 1 unspecified atom stereocenters. The van der Waals surface area contributed by atoms with Crippen molar-refractivity contribution in [1.82, 2.24) is 4.90 Å². The maximum absolute atomic E-state index is 12.8. The van der Waals surface area contributed by atoms with E-state index < -0.39 is 9.84 Å². The summed E-state index contributed by atoms with van der Waals surface area (Å²) in [6.07, 6.45) is 2.12. The molecule has 1 aromatic carbocycles. The monoisotopic (exact) mass is 399 g/mol. The third-order valence-corrected chi connectivity index (χ3v) is 7.20. The summed E-state index contributed by atoms with van der Waals surface area (Å²) in [4.78, 5) is 14.6. The fourth-order valence-corrected chi connectivity index (χ4v) is 5.96. The lowest BCUT2D eigenvalue weighted by molar-refractivity contribution is -0.123. The highest BCUT2D eigenvalue weighted by molar-refractivity contribution is 8.26. The molecule has 1 atom stereocenters. The molecule has 0 N–H and O–H groups in total. The van der Waals surface area contributed by atoms with Crippen LogP contribution in [-0.4, -0.2) is 55.3 Å². The van der Waals surface area contributed by atoms with E-state index in [1.54, 1.807) is 38.5 Å². The molecule has 2 saturated heterocycles. The van der Waals surface area contributed by atoms with Gasteiger partial charge in [0.25, 0.3) is 5.91 Å². The van der Waals surface area contributed by atoms with E-state index in [9.17, 15) is 13.2 Å². The van der Waals surface area contributed by atoms with Gasteiger partial charge in [-0.1, -0.05) is 24.0 Å². The topological polar surface area (TPSA) is 72.9 Å². The van der Waals surface area contributed by atoms with Crippen LogP contribution in [-0.2, 0) is 14.6 Å². The minimum atomic E-state index is -3.09. The van der Waals surface area contributed by atoms with Gasteiger partial charge in [0.15, 0.2) is 9.84 Å². The molecule has 1 aromatic rings. The molecule has 1 amide bonds. The summed E-state index contributed by atoms with van der Waals surface area (Å²) in [6.45, 7) is 0. The fourth-order valence-electron chi connectivity index (χ4n) is 2.87. The molecule has 2 aliphatic rings. The molecule has 0 aliphatic carbocycles. The standard InChI is InChI=1S/C16H17NO5S3/c1-21-12-3-4-13(22-2)10(7-12)8-14-15(18)17(16(23)24-14)11-5-6-25(19,20)9-11/h3-4,7-8,11H,5-6,9H2,1-2H3. The Bertz CT molecular complexity index is 863. The summed E-state index contributed by atoms with van der Waals surface area (Å²) >= 11 is 6.48. The third kappa shape index (κ3) is 3.68. The maximum Gasteiger partial charge on any atom is 0.266 e. The molecule has 0 bridgehead atoms. The predicted molar refractivity (Wildman–Crippen MR) is 102 cm³/mol. The van der Waals surface area contributed by atoms with Crippen molar-refractivity contribution < 1.29 is 22.7 Å². The Hall–Kier alpha value is -1.58. The van der Waals surface area contributed by atoms with Crippen molar-refractivity contribution in [2.24, 2.45) is 0 Å². The van der Waals surface area contributed by atoms with Crippen molar-refractivity contribution in [1.29, 1.82) is 0 Å². The summed E-state index contributed by atoms with van der Waals surface area (Å²) in [5, 5.41) is 0. The van der Waals surface area contributed by atoms with E-state index in [2.05, 4.69) is 0 Å². The Labute approximate surface area is 156 Å². The number of thiocarbonyl (C=S) groups is 1. The number of sulfone groups is 1. The zero-order valence-corrected chi connectivity index (χ0v) is 16.2. The molecule has 2 aliphatic heterocycles. The lowest BCUT2D eigenvalue weighted by atomic mass is 10.1. The van der Waals surface area contributed by atoms with Crippen LogP contribution in [0.15, 0.2) is 23.1 Å². The van der Waals surface area contributed by atoms with Gasteiger partial charge in [-0.05, 0) is 30.7 Å². The van der Waals surface area contributed by atoms with Crippen molar-refractivity contribution in [3.8, 4) is 11.5 Å². The van der Waals surface area contributed by atoms with Crippen LogP contribution in [0.2, 0.25) is 0 Å². The molecule has 134 valence electrons. The maximum atomic E-state index is 12.8. The van der Waals surface area contributed by atoms with Crippen molar-refractivity contribution in [3.05, 3.63) is 28.7 Å². The first-order valence-corrected chi connectivity index (χ1v) is 10.6. The summed E-state index contributed by atoms with van der Waals surface area (Å²) in [5.41, 5.74) is 0.696. The van der Waals surface area contributed by atoms with Gasteiger partial charge in [0.1, 0.15) is 15.8 Å². The molecule has 3 rings (SSSR count). The lowest BCUT2D eigenvalue weighted by Gasteiger charge is -2.20.